The first-order valence-electron chi connectivity index (χ1n) is 7.82. The van der Waals surface area contributed by atoms with Gasteiger partial charge in [-0.15, -0.1) is 0 Å². The summed E-state index contributed by atoms with van der Waals surface area (Å²) in [5, 5.41) is 3.22. The average Bonchev–Trinajstić information content (AvgIpc) is 3.30. The van der Waals surface area contributed by atoms with E-state index in [4.69, 9.17) is 0 Å². The van der Waals surface area contributed by atoms with Crippen molar-refractivity contribution in [1.82, 2.24) is 10.2 Å². The minimum Gasteiger partial charge on any atom is -0.335 e. The van der Waals surface area contributed by atoms with Crippen molar-refractivity contribution < 1.29 is 4.79 Å². The van der Waals surface area contributed by atoms with E-state index < -0.39 is 0 Å². The number of hydrogen-bond donors (Lipinski definition) is 1. The average molecular weight is 274 g/mol. The highest BCUT2D eigenvalue weighted by molar-refractivity contribution is 5.77. The molecule has 3 nitrogen and oxygen atoms in total. The van der Waals surface area contributed by atoms with Crippen LogP contribution in [-0.2, 0) is 17.8 Å². The Labute approximate surface area is 122 Å². The summed E-state index contributed by atoms with van der Waals surface area (Å²) < 4.78 is 0. The van der Waals surface area contributed by atoms with Crippen molar-refractivity contribution in [3.8, 4) is 0 Å². The van der Waals surface area contributed by atoms with Crippen molar-refractivity contribution in [2.75, 3.05) is 13.1 Å². The van der Waals surface area contributed by atoms with Gasteiger partial charge in [0.15, 0.2) is 0 Å². The Morgan fingerprint density at radius 1 is 1.20 bits per heavy atom. The molecule has 0 heterocycles. The van der Waals surface area contributed by atoms with E-state index in [0.717, 1.165) is 26.1 Å². The minimum absolute atomic E-state index is 0.285. The Morgan fingerprint density at radius 3 is 2.40 bits per heavy atom. The Kier molecular flexibility index (Phi) is 5.60. The highest BCUT2D eigenvalue weighted by Crippen LogP contribution is 2.29. The number of hydrogen-bond acceptors (Lipinski definition) is 2. The molecule has 1 aromatic carbocycles. The molecule has 0 saturated heterocycles. The summed E-state index contributed by atoms with van der Waals surface area (Å²) in [6.45, 7) is 6.70. The monoisotopic (exact) mass is 274 g/mol. The van der Waals surface area contributed by atoms with Gasteiger partial charge in [-0.2, -0.15) is 0 Å². The molecule has 0 bridgehead atoms. The number of amides is 1. The number of carbonyl (C=O) groups is 1. The van der Waals surface area contributed by atoms with Crippen molar-refractivity contribution in [3.63, 3.8) is 0 Å². The van der Waals surface area contributed by atoms with Gasteiger partial charge in [-0.3, -0.25) is 4.79 Å². The molecule has 1 fully saturated rings. The molecule has 0 spiro atoms. The van der Waals surface area contributed by atoms with E-state index >= 15 is 0 Å². The van der Waals surface area contributed by atoms with E-state index in [1.54, 1.807) is 0 Å². The predicted octanol–water partition coefficient (Wildman–Crippen LogP) is 2.74. The number of nitrogens with one attached hydrogen (secondary N) is 1. The van der Waals surface area contributed by atoms with Gasteiger partial charge in [-0.05, 0) is 36.9 Å². The zero-order valence-corrected chi connectivity index (χ0v) is 12.7. The van der Waals surface area contributed by atoms with Gasteiger partial charge >= 0.3 is 0 Å². The lowest BCUT2D eigenvalue weighted by Gasteiger charge is -2.23. The smallest absolute Gasteiger partial charge is 0.224 e. The molecule has 0 atom stereocenters. The third-order valence-electron chi connectivity index (χ3n) is 3.86. The second kappa shape index (κ2) is 7.44. The molecule has 1 aliphatic carbocycles. The summed E-state index contributed by atoms with van der Waals surface area (Å²) in [5.74, 6) is 0.285. The van der Waals surface area contributed by atoms with Gasteiger partial charge in [-0.25, -0.2) is 0 Å². The molecule has 0 radical (unpaired) electrons. The lowest BCUT2D eigenvalue weighted by atomic mass is 10.1. The molecular weight excluding hydrogens is 248 g/mol. The molecule has 20 heavy (non-hydrogen) atoms. The van der Waals surface area contributed by atoms with Gasteiger partial charge in [0.05, 0.1) is 0 Å². The van der Waals surface area contributed by atoms with E-state index in [9.17, 15) is 4.79 Å². The largest absolute Gasteiger partial charge is 0.335 e. The van der Waals surface area contributed by atoms with Crippen molar-refractivity contribution in [2.45, 2.75) is 52.1 Å². The molecule has 1 aromatic rings. The maximum Gasteiger partial charge on any atom is 0.224 e. The number of carbonyl (C=O) groups excluding carboxylic acids is 1. The van der Waals surface area contributed by atoms with Crippen LogP contribution in [0.3, 0.4) is 0 Å². The van der Waals surface area contributed by atoms with Crippen LogP contribution in [0.15, 0.2) is 24.3 Å². The molecule has 0 aliphatic heterocycles. The van der Waals surface area contributed by atoms with Crippen molar-refractivity contribution in [2.24, 2.45) is 0 Å². The summed E-state index contributed by atoms with van der Waals surface area (Å²) in [7, 11) is 0. The van der Waals surface area contributed by atoms with Gasteiger partial charge in [0.2, 0.25) is 5.91 Å². The van der Waals surface area contributed by atoms with Crippen LogP contribution in [0.5, 0.6) is 0 Å². The Morgan fingerprint density at radius 2 is 1.85 bits per heavy atom. The summed E-state index contributed by atoms with van der Waals surface area (Å²) >= 11 is 0. The second-order valence-corrected chi connectivity index (χ2v) is 5.53. The number of rotatable bonds is 8. The molecule has 1 N–H and O–H groups in total. The molecule has 0 aromatic heterocycles. The zero-order valence-electron chi connectivity index (χ0n) is 12.7. The van der Waals surface area contributed by atoms with Crippen LogP contribution in [0.2, 0.25) is 0 Å². The molecular formula is C17H26N2O. The van der Waals surface area contributed by atoms with Crippen LogP contribution in [0.1, 0.15) is 44.2 Å². The maximum absolute atomic E-state index is 12.3. The number of benzene rings is 1. The summed E-state index contributed by atoms with van der Waals surface area (Å²) in [6, 6.07) is 9.14. The van der Waals surface area contributed by atoms with E-state index in [0.29, 0.717) is 12.5 Å². The topological polar surface area (TPSA) is 32.3 Å². The first kappa shape index (κ1) is 15.0. The molecule has 1 aliphatic rings. The van der Waals surface area contributed by atoms with Crippen molar-refractivity contribution in [3.05, 3.63) is 35.4 Å². The predicted molar refractivity (Wildman–Crippen MR) is 82.6 cm³/mol. The van der Waals surface area contributed by atoms with Crippen LogP contribution >= 0.6 is 0 Å². The fourth-order valence-electron chi connectivity index (χ4n) is 2.40. The van der Waals surface area contributed by atoms with Crippen LogP contribution in [0.4, 0.5) is 0 Å². The zero-order chi connectivity index (χ0) is 14.4. The van der Waals surface area contributed by atoms with E-state index in [1.165, 1.54) is 24.0 Å². The lowest BCUT2D eigenvalue weighted by Crippen LogP contribution is -2.34. The fourth-order valence-corrected chi connectivity index (χ4v) is 2.40. The van der Waals surface area contributed by atoms with Crippen molar-refractivity contribution in [1.29, 1.82) is 0 Å². The van der Waals surface area contributed by atoms with Crippen LogP contribution in [-0.4, -0.2) is 29.9 Å². The summed E-state index contributed by atoms with van der Waals surface area (Å²) in [5.41, 5.74) is 2.59. The maximum atomic E-state index is 12.3. The molecule has 3 heteroatoms. The van der Waals surface area contributed by atoms with Crippen LogP contribution < -0.4 is 5.32 Å². The van der Waals surface area contributed by atoms with E-state index in [2.05, 4.69) is 48.3 Å². The molecule has 110 valence electrons. The number of aryl methyl sites for hydroxylation is 1. The molecule has 0 unspecified atom stereocenters. The number of nitrogens with zero attached hydrogens (tertiary/aromatic N) is 1. The fraction of sp³-hybridized carbons (Fsp3) is 0.588. The molecule has 2 rings (SSSR count). The van der Waals surface area contributed by atoms with Gasteiger partial charge in [0.1, 0.15) is 0 Å². The van der Waals surface area contributed by atoms with Gasteiger partial charge in [0.25, 0.3) is 0 Å². The minimum atomic E-state index is 0.285. The lowest BCUT2D eigenvalue weighted by molar-refractivity contribution is -0.132. The molecule has 1 amide bonds. The summed E-state index contributed by atoms with van der Waals surface area (Å²) in [6.07, 6.45) is 4.01. The Balaban J connectivity index is 1.92. The summed E-state index contributed by atoms with van der Waals surface area (Å²) in [4.78, 5) is 14.4. The standard InChI is InChI=1S/C17H26N2O/c1-3-14-5-7-15(8-6-14)13-19(16-9-10-16)17(20)11-12-18-4-2/h5-8,16,18H,3-4,9-13H2,1-2H3. The van der Waals surface area contributed by atoms with E-state index in [-0.39, 0.29) is 5.91 Å². The SMILES string of the molecule is CCNCCC(=O)N(Cc1ccc(CC)cc1)C1CC1. The third kappa shape index (κ3) is 4.34. The van der Waals surface area contributed by atoms with Crippen LogP contribution in [0.25, 0.3) is 0 Å². The van der Waals surface area contributed by atoms with Gasteiger partial charge in [-0.1, -0.05) is 38.1 Å². The van der Waals surface area contributed by atoms with E-state index in [1.807, 2.05) is 0 Å². The van der Waals surface area contributed by atoms with Crippen molar-refractivity contribution >= 4 is 5.91 Å². The highest BCUT2D eigenvalue weighted by Gasteiger charge is 2.31. The Bertz CT molecular complexity index is 423. The van der Waals surface area contributed by atoms with Crippen LogP contribution in [0, 0.1) is 0 Å². The Hall–Kier alpha value is -1.35. The van der Waals surface area contributed by atoms with Gasteiger partial charge in [0, 0.05) is 25.6 Å². The quantitative estimate of drug-likeness (QED) is 0.739. The normalized spacial score (nSPS) is 14.3. The first-order chi connectivity index (χ1) is 9.74. The second-order valence-electron chi connectivity index (χ2n) is 5.53. The van der Waals surface area contributed by atoms with Gasteiger partial charge < -0.3 is 10.2 Å². The third-order valence-corrected chi connectivity index (χ3v) is 3.86. The molecule has 1 saturated carbocycles. The first-order valence-corrected chi connectivity index (χ1v) is 7.82. The highest BCUT2D eigenvalue weighted by atomic mass is 16.2.